The molecule has 11 nitrogen and oxygen atoms in total. The number of hydrogen-bond acceptors (Lipinski definition) is 9. The van der Waals surface area contributed by atoms with Crippen LogP contribution in [-0.2, 0) is 19.5 Å². The van der Waals surface area contributed by atoms with Crippen LogP contribution >= 0.6 is 0 Å². The van der Waals surface area contributed by atoms with Crippen molar-refractivity contribution in [2.45, 2.75) is 34.6 Å². The Bertz CT molecular complexity index is 1330. The van der Waals surface area contributed by atoms with Gasteiger partial charge in [-0.2, -0.15) is 10.5 Å². The molecule has 0 fully saturated rings. The number of nitrogens with zero attached hydrogens (tertiary/aromatic N) is 10. The zero-order valence-electron chi connectivity index (χ0n) is 24.3. The summed E-state index contributed by atoms with van der Waals surface area (Å²) in [6, 6.07) is 18.7. The van der Waals surface area contributed by atoms with Gasteiger partial charge in [0, 0.05) is 31.4 Å². The number of aromatic nitrogens is 4. The molecule has 4 aromatic rings. The van der Waals surface area contributed by atoms with Crippen molar-refractivity contribution in [3.05, 3.63) is 106 Å². The second-order valence-electron chi connectivity index (χ2n) is 7.81. The van der Waals surface area contributed by atoms with Gasteiger partial charge in [0.05, 0.1) is 35.2 Å². The van der Waals surface area contributed by atoms with Crippen molar-refractivity contribution < 1.29 is 24.6 Å². The fraction of sp³-hybridized carbons (Fsp3) is 0.200. The predicted molar refractivity (Wildman–Crippen MR) is 159 cm³/mol. The van der Waals surface area contributed by atoms with Gasteiger partial charge in [-0.1, -0.05) is 0 Å². The average molecular weight is 612 g/mol. The van der Waals surface area contributed by atoms with E-state index in [0.717, 1.165) is 22.8 Å². The molecule has 0 spiro atoms. The Labute approximate surface area is 259 Å². The molecule has 0 aliphatic carbocycles. The molecule has 0 radical (unpaired) electrons. The number of aliphatic hydroxyl groups excluding tert-OH is 1. The molecule has 0 aliphatic heterocycles. The third-order valence-corrected chi connectivity index (χ3v) is 4.39. The molecule has 12 heteroatoms. The summed E-state index contributed by atoms with van der Waals surface area (Å²) in [5.74, 6) is 0. The van der Waals surface area contributed by atoms with Gasteiger partial charge in [0.2, 0.25) is 0 Å². The Hall–Kier alpha value is -5.08. The largest absolute Gasteiger partial charge is 2.00 e. The molecular weight excluding hydrogens is 582 g/mol. The molecule has 0 bridgehead atoms. The van der Waals surface area contributed by atoms with Crippen LogP contribution in [0.5, 0.6) is 0 Å². The van der Waals surface area contributed by atoms with Gasteiger partial charge in [0.1, 0.15) is 0 Å². The second-order valence-corrected chi connectivity index (χ2v) is 7.81. The number of hydrogen-bond donors (Lipinski definition) is 1. The summed E-state index contributed by atoms with van der Waals surface area (Å²) < 4.78 is 0. The molecular formula is C30H30N10OZn. The van der Waals surface area contributed by atoms with Crippen LogP contribution in [0.4, 0.5) is 0 Å². The smallest absolute Gasteiger partial charge is 0.422 e. The van der Waals surface area contributed by atoms with Crippen LogP contribution in [0.25, 0.3) is 33.6 Å². The van der Waals surface area contributed by atoms with Crippen molar-refractivity contribution in [1.29, 1.82) is 10.5 Å². The van der Waals surface area contributed by atoms with Crippen LogP contribution in [0, 0.1) is 50.6 Å². The molecule has 4 heterocycles. The summed E-state index contributed by atoms with van der Waals surface area (Å²) in [5.41, 5.74) is 8.58. The zero-order valence-corrected chi connectivity index (χ0v) is 27.2. The number of aliphatic imine (C=N–C) groups is 2. The summed E-state index contributed by atoms with van der Waals surface area (Å²) >= 11 is 0. The molecule has 42 heavy (non-hydrogen) atoms. The minimum atomic E-state index is 0. The van der Waals surface area contributed by atoms with Crippen LogP contribution in [-0.4, -0.2) is 43.7 Å². The average Bonchev–Trinajstić information content (AvgIpc) is 2.95. The topological polar surface area (TPSA) is 189 Å². The first-order valence-corrected chi connectivity index (χ1v) is 12.0. The van der Waals surface area contributed by atoms with Gasteiger partial charge in [-0.25, -0.2) is 0 Å². The van der Waals surface area contributed by atoms with E-state index in [1.54, 1.807) is 6.92 Å². The Morgan fingerprint density at radius 1 is 0.619 bits per heavy atom. The van der Waals surface area contributed by atoms with Gasteiger partial charge in [-0.05, 0) is 105 Å². The first kappa shape index (κ1) is 39.1. The molecule has 4 aromatic heterocycles. The van der Waals surface area contributed by atoms with Crippen LogP contribution in [0.1, 0.15) is 29.2 Å². The van der Waals surface area contributed by atoms with Crippen molar-refractivity contribution in [2.75, 3.05) is 6.61 Å². The van der Waals surface area contributed by atoms with E-state index in [9.17, 15) is 0 Å². The number of aliphatic hydroxyl groups is 1. The van der Waals surface area contributed by atoms with Crippen molar-refractivity contribution in [3.8, 4) is 35.2 Å². The maximum absolute atomic E-state index is 7.57. The van der Waals surface area contributed by atoms with E-state index in [4.69, 9.17) is 26.4 Å². The molecule has 208 valence electrons. The number of nitriles is 2. The van der Waals surface area contributed by atoms with Gasteiger partial charge < -0.3 is 25.9 Å². The quantitative estimate of drug-likeness (QED) is 0.165. The molecule has 0 aliphatic rings. The minimum Gasteiger partial charge on any atom is -0.422 e. The van der Waals surface area contributed by atoms with Crippen molar-refractivity contribution >= 4 is 12.0 Å². The van der Waals surface area contributed by atoms with E-state index in [1.165, 1.54) is 46.7 Å². The fourth-order valence-electron chi connectivity index (χ4n) is 2.75. The Morgan fingerprint density at radius 2 is 0.833 bits per heavy atom. The molecule has 0 saturated carbocycles. The van der Waals surface area contributed by atoms with Crippen LogP contribution in [0.2, 0.25) is 0 Å². The summed E-state index contributed by atoms with van der Waals surface area (Å²) in [6.45, 7) is 10.2. The van der Waals surface area contributed by atoms with E-state index < -0.39 is 0 Å². The van der Waals surface area contributed by atoms with Gasteiger partial charge in [0.25, 0.3) is 0 Å². The summed E-state index contributed by atoms with van der Waals surface area (Å²) in [7, 11) is 0. The summed E-state index contributed by atoms with van der Waals surface area (Å²) in [5, 5.41) is 37.3. The first-order chi connectivity index (χ1) is 19.8. The van der Waals surface area contributed by atoms with Gasteiger partial charge in [0.15, 0.2) is 0 Å². The standard InChI is InChI=1S/2C12H12N2.2C2N3.C2H6O.Zn/c2*1-9-3-5-13-11(7-9)12-8-10(2)4-6-14-12;2*3-1-5-2-4;1-2-3;/h2*3-8H,1-2H3;;;3H,2H2,1H3;/q;;2*-1;;+2. The van der Waals surface area contributed by atoms with Crippen molar-refractivity contribution in [2.24, 2.45) is 9.98 Å². The van der Waals surface area contributed by atoms with Gasteiger partial charge in [-0.3, -0.25) is 19.9 Å². The minimum absolute atomic E-state index is 0. The Morgan fingerprint density at radius 3 is 0.952 bits per heavy atom. The molecule has 1 N–H and O–H groups in total. The van der Waals surface area contributed by atoms with Crippen LogP contribution in [0.3, 0.4) is 0 Å². The van der Waals surface area contributed by atoms with E-state index >= 15 is 0 Å². The SMILES string of the molecule is CCO.Cc1ccnc(-c2cc(C)ccn2)c1.Cc1ccnc(-c2cc(C)ccn2)c1.N#CN=C=[N-].N#CN=C=[N-].[Zn+2]. The van der Waals surface area contributed by atoms with Crippen LogP contribution in [0.15, 0.2) is 83.3 Å². The summed E-state index contributed by atoms with van der Waals surface area (Å²) in [6.07, 6.45) is 9.82. The third kappa shape index (κ3) is 18.3. The van der Waals surface area contributed by atoms with E-state index in [-0.39, 0.29) is 26.1 Å². The van der Waals surface area contributed by atoms with Crippen molar-refractivity contribution in [1.82, 2.24) is 19.9 Å². The molecule has 0 atom stereocenters. The molecule has 4 rings (SSSR count). The molecule has 0 saturated heterocycles. The maximum atomic E-state index is 7.57. The number of rotatable bonds is 2. The van der Waals surface area contributed by atoms with Crippen molar-refractivity contribution in [3.63, 3.8) is 0 Å². The zero-order chi connectivity index (χ0) is 30.9. The van der Waals surface area contributed by atoms with E-state index in [1.807, 2.05) is 73.3 Å². The first-order valence-electron chi connectivity index (χ1n) is 12.0. The van der Waals surface area contributed by atoms with Gasteiger partial charge >= 0.3 is 19.5 Å². The third-order valence-electron chi connectivity index (χ3n) is 4.39. The predicted octanol–water partition coefficient (Wildman–Crippen LogP) is 5.94. The molecule has 0 amide bonds. The normalized spacial score (nSPS) is 8.10. The van der Waals surface area contributed by atoms with E-state index in [2.05, 4.69) is 57.6 Å². The van der Waals surface area contributed by atoms with Gasteiger partial charge in [-0.15, -0.1) is 12.0 Å². The second kappa shape index (κ2) is 24.9. The molecule has 0 aromatic carbocycles. The van der Waals surface area contributed by atoms with E-state index in [0.29, 0.717) is 0 Å². The fourth-order valence-corrected chi connectivity index (χ4v) is 2.75. The summed E-state index contributed by atoms with van der Waals surface area (Å²) in [4.78, 5) is 22.3. The number of aryl methyl sites for hydroxylation is 4. The number of pyridine rings is 4. The Kier molecular flexibility index (Phi) is 23.2. The maximum Gasteiger partial charge on any atom is 2.00 e. The van der Waals surface area contributed by atoms with Crippen LogP contribution < -0.4 is 0 Å². The Balaban J connectivity index is 0. The monoisotopic (exact) mass is 610 g/mol. The molecule has 0 unspecified atom stereocenters.